The number of piperidine rings is 2. The van der Waals surface area contributed by atoms with Crippen LogP contribution < -0.4 is 26.0 Å². The summed E-state index contributed by atoms with van der Waals surface area (Å²) >= 11 is 6.57. The van der Waals surface area contributed by atoms with Crippen molar-refractivity contribution in [2.45, 2.75) is 121 Å². The maximum Gasteiger partial charge on any atom is 0.264 e. The summed E-state index contributed by atoms with van der Waals surface area (Å²) in [5.41, 5.74) is 3.72. The molecule has 5 amide bonds. The van der Waals surface area contributed by atoms with Gasteiger partial charge in [-0.15, -0.1) is 0 Å². The van der Waals surface area contributed by atoms with Crippen molar-refractivity contribution in [1.82, 2.24) is 30.0 Å². The summed E-state index contributed by atoms with van der Waals surface area (Å²) in [6.07, 6.45) is 6.29. The molecule has 2 saturated heterocycles. The molecule has 17 nitrogen and oxygen atoms in total. The van der Waals surface area contributed by atoms with E-state index in [1.807, 2.05) is 19.9 Å². The monoisotopic (exact) mass is 933 g/mol. The molecule has 19 heteroatoms. The van der Waals surface area contributed by atoms with E-state index in [1.165, 1.54) is 18.8 Å². The highest BCUT2D eigenvalue weighted by molar-refractivity contribution is 7.92. The fourth-order valence-electron chi connectivity index (χ4n) is 9.35. The van der Waals surface area contributed by atoms with Gasteiger partial charge in [-0.05, 0) is 121 Å². The number of nitrogens with zero attached hydrogens (tertiary/aromatic N) is 5. The molecular weight excluding hydrogens is 874 g/mol. The maximum atomic E-state index is 13.5. The van der Waals surface area contributed by atoms with Crippen LogP contribution in [0.25, 0.3) is 0 Å². The second kappa shape index (κ2) is 20.0. The molecule has 4 aliphatic rings. The molecular formula is C46H60ClN9O8S. The van der Waals surface area contributed by atoms with E-state index in [2.05, 4.69) is 44.1 Å². The van der Waals surface area contributed by atoms with Crippen molar-refractivity contribution in [3.63, 3.8) is 0 Å². The number of likely N-dealkylation sites (tertiary alicyclic amines) is 2. The van der Waals surface area contributed by atoms with E-state index in [1.54, 1.807) is 32.0 Å². The Labute approximate surface area is 385 Å². The molecule has 0 bridgehead atoms. The number of aromatic nitrogens is 2. The number of benzene rings is 2. The number of fused-ring (bicyclic) bond motifs is 1. The molecule has 350 valence electrons. The first-order chi connectivity index (χ1) is 30.9. The lowest BCUT2D eigenvalue weighted by atomic mass is 9.86. The van der Waals surface area contributed by atoms with Gasteiger partial charge in [0.15, 0.2) is 15.7 Å². The molecule has 0 radical (unpaired) electrons. The van der Waals surface area contributed by atoms with Gasteiger partial charge in [-0.3, -0.25) is 38.7 Å². The van der Waals surface area contributed by atoms with Gasteiger partial charge < -0.3 is 26.0 Å². The van der Waals surface area contributed by atoms with Crippen LogP contribution in [0, 0.1) is 6.92 Å². The number of ether oxygens (including phenoxy) is 1. The minimum Gasteiger partial charge on any atom is -0.489 e. The van der Waals surface area contributed by atoms with Crippen LogP contribution >= 0.6 is 11.6 Å². The molecule has 1 aromatic heterocycles. The Morgan fingerprint density at radius 2 is 1.69 bits per heavy atom. The summed E-state index contributed by atoms with van der Waals surface area (Å²) in [4.78, 5) is 77.9. The summed E-state index contributed by atoms with van der Waals surface area (Å²) in [6, 6.07) is 7.64. The minimum atomic E-state index is -3.34. The summed E-state index contributed by atoms with van der Waals surface area (Å²) in [5.74, 6) is -0.647. The van der Waals surface area contributed by atoms with Crippen molar-refractivity contribution < 1.29 is 37.1 Å². The van der Waals surface area contributed by atoms with Gasteiger partial charge >= 0.3 is 0 Å². The smallest absolute Gasteiger partial charge is 0.264 e. The molecule has 0 spiro atoms. The van der Waals surface area contributed by atoms with E-state index in [0.29, 0.717) is 53.3 Å². The van der Waals surface area contributed by atoms with Crippen LogP contribution in [0.4, 0.5) is 23.1 Å². The molecule has 2 aromatic carbocycles. The molecule has 3 aliphatic heterocycles. The first-order valence-electron chi connectivity index (χ1n) is 22.6. The number of rotatable bonds is 16. The number of halogens is 1. The topological polar surface area (TPSA) is 212 Å². The van der Waals surface area contributed by atoms with Gasteiger partial charge in [0.2, 0.25) is 17.8 Å². The average molecular weight is 935 g/mol. The van der Waals surface area contributed by atoms with Gasteiger partial charge in [-0.25, -0.2) is 13.4 Å². The van der Waals surface area contributed by atoms with E-state index in [0.717, 1.165) is 54.1 Å². The number of carbonyl (C=O) groups is 5. The highest BCUT2D eigenvalue weighted by atomic mass is 35.5. The maximum absolute atomic E-state index is 13.5. The largest absolute Gasteiger partial charge is 0.489 e. The molecule has 3 fully saturated rings. The number of hydrogen-bond acceptors (Lipinski definition) is 14. The summed E-state index contributed by atoms with van der Waals surface area (Å²) in [7, 11) is -1.99. The van der Waals surface area contributed by atoms with Crippen LogP contribution in [0.3, 0.4) is 0 Å². The Morgan fingerprint density at radius 1 is 0.954 bits per heavy atom. The second-order valence-electron chi connectivity index (χ2n) is 18.0. The predicted molar refractivity (Wildman–Crippen MR) is 249 cm³/mol. The third-order valence-electron chi connectivity index (χ3n) is 12.9. The fraction of sp³-hybridized carbons (Fsp3) is 0.543. The van der Waals surface area contributed by atoms with Crippen molar-refractivity contribution in [2.24, 2.45) is 0 Å². The molecule has 1 saturated carbocycles. The zero-order valence-corrected chi connectivity index (χ0v) is 39.5. The lowest BCUT2D eigenvalue weighted by molar-refractivity contribution is -0.149. The Bertz CT molecular complexity index is 2440. The van der Waals surface area contributed by atoms with Gasteiger partial charge in [0, 0.05) is 38.3 Å². The molecule has 3 aromatic rings. The van der Waals surface area contributed by atoms with Crippen LogP contribution in [0.15, 0.2) is 36.5 Å². The van der Waals surface area contributed by atoms with E-state index < -0.39 is 44.1 Å². The third kappa shape index (κ3) is 10.4. The standard InChI is InChI=1S/C46H60ClN9O8S/c1-26(2)64-37-23-31(28(5)22-35(37)52-46-50-24-32(47)42(53-46)51-33-11-7-8-13-38(33)65(62,63)27(3)4)29-16-20-55(21-17-29)25-39(57)49-19-18-48-34-12-9-10-30-41(34)45(61)56(43(30)59)36-14-15-40(58)54(6)44(36)60/h9-10,12,22-24,26-27,29,33,36,38,48H,7-8,11,13-21,25H2,1-6H3,(H,49,57)(H2,50,51,52,53). The van der Waals surface area contributed by atoms with Crippen molar-refractivity contribution in [3.8, 4) is 5.75 Å². The Kier molecular flexibility index (Phi) is 14.7. The number of amides is 5. The molecule has 3 atom stereocenters. The molecule has 4 N–H and O–H groups in total. The van der Waals surface area contributed by atoms with Gasteiger partial charge in [-0.2, -0.15) is 4.98 Å². The van der Waals surface area contributed by atoms with E-state index >= 15 is 0 Å². The number of anilines is 4. The number of imide groups is 2. The fourth-order valence-corrected chi connectivity index (χ4v) is 11.4. The van der Waals surface area contributed by atoms with Crippen molar-refractivity contribution in [3.05, 3.63) is 63.8 Å². The lowest BCUT2D eigenvalue weighted by Gasteiger charge is -2.33. The summed E-state index contributed by atoms with van der Waals surface area (Å²) in [5, 5.41) is 12.1. The molecule has 1 aliphatic carbocycles. The highest BCUT2D eigenvalue weighted by Crippen LogP contribution is 2.39. The van der Waals surface area contributed by atoms with Crippen LogP contribution in [-0.2, 0) is 24.2 Å². The van der Waals surface area contributed by atoms with Crippen molar-refractivity contribution in [2.75, 3.05) is 55.7 Å². The zero-order chi connectivity index (χ0) is 46.7. The van der Waals surface area contributed by atoms with Gasteiger partial charge in [0.1, 0.15) is 16.8 Å². The molecule has 65 heavy (non-hydrogen) atoms. The molecule has 3 unspecified atom stereocenters. The van der Waals surface area contributed by atoms with Crippen LogP contribution in [0.2, 0.25) is 5.02 Å². The Morgan fingerprint density at radius 3 is 2.42 bits per heavy atom. The second-order valence-corrected chi connectivity index (χ2v) is 21.1. The quantitative estimate of drug-likeness (QED) is 0.101. The van der Waals surface area contributed by atoms with E-state index in [-0.39, 0.29) is 66.9 Å². The number of aryl methyl sites for hydroxylation is 1. The number of carbonyl (C=O) groups excluding carboxylic acids is 5. The number of sulfone groups is 1. The van der Waals surface area contributed by atoms with Gasteiger partial charge in [0.25, 0.3) is 17.7 Å². The third-order valence-corrected chi connectivity index (χ3v) is 15.9. The summed E-state index contributed by atoms with van der Waals surface area (Å²) < 4.78 is 32.8. The molecule has 4 heterocycles. The lowest BCUT2D eigenvalue weighted by Crippen LogP contribution is -2.54. The van der Waals surface area contributed by atoms with Gasteiger partial charge in [0.05, 0.1) is 46.2 Å². The summed E-state index contributed by atoms with van der Waals surface area (Å²) in [6.45, 7) is 11.7. The normalized spacial score (nSPS) is 21.0. The van der Waals surface area contributed by atoms with Crippen LogP contribution in [0.5, 0.6) is 5.75 Å². The van der Waals surface area contributed by atoms with Crippen LogP contribution in [-0.4, -0.2) is 131 Å². The number of hydrogen-bond donors (Lipinski definition) is 4. The zero-order valence-electron chi connectivity index (χ0n) is 37.9. The number of likely N-dealkylation sites (N-methyl/N-ethyl adjacent to an activating group) is 1. The first kappa shape index (κ1) is 47.6. The first-order valence-corrected chi connectivity index (χ1v) is 24.6. The van der Waals surface area contributed by atoms with Crippen LogP contribution in [0.1, 0.15) is 117 Å². The van der Waals surface area contributed by atoms with Crippen molar-refractivity contribution in [1.29, 1.82) is 0 Å². The Hall–Kier alpha value is -5.33. The van der Waals surface area contributed by atoms with Gasteiger partial charge in [-0.1, -0.05) is 30.5 Å². The highest BCUT2D eigenvalue weighted by Gasteiger charge is 2.47. The Balaban J connectivity index is 0.920. The minimum absolute atomic E-state index is 0.0627. The number of nitrogens with one attached hydrogen (secondary N) is 4. The van der Waals surface area contributed by atoms with Crippen molar-refractivity contribution >= 4 is 74.1 Å². The average Bonchev–Trinajstić information content (AvgIpc) is 3.52. The SMILES string of the molecule is Cc1cc(Nc2ncc(Cl)c(NC3CCCCC3S(=O)(=O)C(C)C)n2)c(OC(C)C)cc1C1CCN(CC(=O)NCCNc2cccc3c2C(=O)N(C2CCC(=O)N(C)C2=O)C3=O)CC1. The van der Waals surface area contributed by atoms with E-state index in [4.69, 9.17) is 21.3 Å². The van der Waals surface area contributed by atoms with E-state index in [9.17, 15) is 32.4 Å². The molecule has 7 rings (SSSR count). The predicted octanol–water partition coefficient (Wildman–Crippen LogP) is 5.67.